The number of carbonyl (C=O) groups is 1. The van der Waals surface area contributed by atoms with Crippen molar-refractivity contribution in [1.82, 2.24) is 0 Å². The minimum Gasteiger partial charge on any atom is -0.480 e. The van der Waals surface area contributed by atoms with Crippen LogP contribution in [0.3, 0.4) is 0 Å². The molecule has 22 heavy (non-hydrogen) atoms. The fourth-order valence-electron chi connectivity index (χ4n) is 3.61. The molecule has 2 heteroatoms. The highest BCUT2D eigenvalue weighted by molar-refractivity contribution is 5.97. The van der Waals surface area contributed by atoms with Crippen LogP contribution in [0.5, 0.6) is 0 Å². The summed E-state index contributed by atoms with van der Waals surface area (Å²) >= 11 is 0. The number of carboxylic acids is 1. The molecule has 2 aromatic rings. The van der Waals surface area contributed by atoms with Crippen LogP contribution in [0.15, 0.2) is 61.2 Å². The van der Waals surface area contributed by atoms with E-state index in [1.165, 1.54) is 0 Å². The Morgan fingerprint density at radius 3 is 2.05 bits per heavy atom. The zero-order chi connectivity index (χ0) is 15.6. The number of allylic oxidation sites excluding steroid dienone is 1. The molecule has 0 aromatic heterocycles. The molecule has 0 saturated carbocycles. The van der Waals surface area contributed by atoms with Crippen LogP contribution >= 0.6 is 0 Å². The Kier molecular flexibility index (Phi) is 3.84. The van der Waals surface area contributed by atoms with Gasteiger partial charge in [-0.1, -0.05) is 61.0 Å². The Morgan fingerprint density at radius 1 is 1.00 bits per heavy atom. The maximum Gasteiger partial charge on any atom is 0.318 e. The molecule has 2 aromatic carbocycles. The van der Waals surface area contributed by atoms with Crippen molar-refractivity contribution in [3.8, 4) is 11.1 Å². The molecule has 0 amide bonds. The zero-order valence-corrected chi connectivity index (χ0v) is 12.6. The smallest absolute Gasteiger partial charge is 0.318 e. The predicted molar refractivity (Wildman–Crippen MR) is 89.0 cm³/mol. The van der Waals surface area contributed by atoms with Gasteiger partial charge in [0.2, 0.25) is 0 Å². The molecule has 0 atom stereocenters. The Labute approximate surface area is 131 Å². The van der Waals surface area contributed by atoms with Crippen molar-refractivity contribution in [3.63, 3.8) is 0 Å². The SMILES string of the molecule is C=CCCCCC1(C(=O)O)c2ccccc2-c2ccccc21. The van der Waals surface area contributed by atoms with Gasteiger partial charge in [-0.05, 0) is 41.5 Å². The van der Waals surface area contributed by atoms with Gasteiger partial charge in [0, 0.05) is 0 Å². The first kappa shape index (κ1) is 14.6. The van der Waals surface area contributed by atoms with Crippen molar-refractivity contribution >= 4 is 5.97 Å². The minimum atomic E-state index is -0.908. The zero-order valence-electron chi connectivity index (χ0n) is 12.6. The molecule has 2 nitrogen and oxygen atoms in total. The third kappa shape index (κ3) is 2.07. The van der Waals surface area contributed by atoms with Crippen molar-refractivity contribution in [3.05, 3.63) is 72.3 Å². The first-order chi connectivity index (χ1) is 10.7. The number of fused-ring (bicyclic) bond motifs is 3. The van der Waals surface area contributed by atoms with Gasteiger partial charge in [0.05, 0.1) is 0 Å². The fourth-order valence-corrected chi connectivity index (χ4v) is 3.61. The first-order valence-electron chi connectivity index (χ1n) is 7.75. The van der Waals surface area contributed by atoms with E-state index in [1.807, 2.05) is 54.6 Å². The van der Waals surface area contributed by atoms with Crippen molar-refractivity contribution in [2.45, 2.75) is 31.1 Å². The molecule has 0 saturated heterocycles. The molecule has 0 aliphatic heterocycles. The van der Waals surface area contributed by atoms with Crippen molar-refractivity contribution < 1.29 is 9.90 Å². The number of benzene rings is 2. The fraction of sp³-hybridized carbons (Fsp3) is 0.250. The average Bonchev–Trinajstić information content (AvgIpc) is 2.83. The third-order valence-corrected chi connectivity index (χ3v) is 4.64. The van der Waals surface area contributed by atoms with Crippen LogP contribution < -0.4 is 0 Å². The van der Waals surface area contributed by atoms with E-state index in [2.05, 4.69) is 6.58 Å². The lowest BCUT2D eigenvalue weighted by molar-refractivity contribution is -0.142. The minimum absolute atomic E-state index is 0.629. The second-order valence-electron chi connectivity index (χ2n) is 5.84. The summed E-state index contributed by atoms with van der Waals surface area (Å²) in [5, 5.41) is 10.1. The number of unbranched alkanes of at least 4 members (excludes halogenated alkanes) is 2. The molecule has 0 heterocycles. The number of hydrogen-bond donors (Lipinski definition) is 1. The van der Waals surface area contributed by atoms with Crippen LogP contribution in [0.25, 0.3) is 11.1 Å². The normalized spacial score (nSPS) is 14.2. The van der Waals surface area contributed by atoms with Crippen LogP contribution in [-0.4, -0.2) is 11.1 Å². The van der Waals surface area contributed by atoms with Crippen LogP contribution in [0.2, 0.25) is 0 Å². The molecule has 3 rings (SSSR count). The molecule has 0 fully saturated rings. The number of carboxylic acid groups (broad SMARTS) is 1. The van der Waals surface area contributed by atoms with Crippen molar-refractivity contribution in [1.29, 1.82) is 0 Å². The van der Waals surface area contributed by atoms with E-state index in [-0.39, 0.29) is 0 Å². The average molecular weight is 292 g/mol. The highest BCUT2D eigenvalue weighted by atomic mass is 16.4. The summed E-state index contributed by atoms with van der Waals surface area (Å²) in [4.78, 5) is 12.3. The number of hydrogen-bond acceptors (Lipinski definition) is 1. The molecule has 0 unspecified atom stereocenters. The summed E-state index contributed by atoms with van der Waals surface area (Å²) in [6.07, 6.45) is 5.30. The Bertz CT molecular complexity index is 670. The maximum atomic E-state index is 12.3. The second kappa shape index (κ2) is 5.80. The molecule has 0 spiro atoms. The monoisotopic (exact) mass is 292 g/mol. The summed E-state index contributed by atoms with van der Waals surface area (Å²) in [6, 6.07) is 15.8. The van der Waals surface area contributed by atoms with Crippen molar-refractivity contribution in [2.24, 2.45) is 0 Å². The molecule has 112 valence electrons. The highest BCUT2D eigenvalue weighted by Gasteiger charge is 2.48. The molecular formula is C20H20O2. The largest absolute Gasteiger partial charge is 0.480 e. The molecular weight excluding hydrogens is 272 g/mol. The first-order valence-corrected chi connectivity index (χ1v) is 7.75. The van der Waals surface area contributed by atoms with Gasteiger partial charge in [0.1, 0.15) is 5.41 Å². The summed E-state index contributed by atoms with van der Waals surface area (Å²) in [5.41, 5.74) is 3.08. The van der Waals surface area contributed by atoms with E-state index in [4.69, 9.17) is 0 Å². The van der Waals surface area contributed by atoms with Crippen LogP contribution in [0, 0.1) is 0 Å². The molecule has 1 N–H and O–H groups in total. The van der Waals surface area contributed by atoms with E-state index in [0.29, 0.717) is 6.42 Å². The van der Waals surface area contributed by atoms with E-state index in [1.54, 1.807) is 0 Å². The molecule has 1 aliphatic carbocycles. The Hall–Kier alpha value is -2.35. The Morgan fingerprint density at radius 2 is 1.55 bits per heavy atom. The van der Waals surface area contributed by atoms with Crippen LogP contribution in [-0.2, 0) is 10.2 Å². The van der Waals surface area contributed by atoms with Gasteiger partial charge < -0.3 is 5.11 Å². The van der Waals surface area contributed by atoms with Gasteiger partial charge in [-0.15, -0.1) is 6.58 Å². The summed E-state index contributed by atoms with van der Waals surface area (Å²) in [7, 11) is 0. The quantitative estimate of drug-likeness (QED) is 0.614. The highest BCUT2D eigenvalue weighted by Crippen LogP contribution is 2.51. The van der Waals surface area contributed by atoms with E-state index < -0.39 is 11.4 Å². The third-order valence-electron chi connectivity index (χ3n) is 4.64. The van der Waals surface area contributed by atoms with Gasteiger partial charge in [0.15, 0.2) is 0 Å². The van der Waals surface area contributed by atoms with Crippen LogP contribution in [0.1, 0.15) is 36.8 Å². The second-order valence-corrected chi connectivity index (χ2v) is 5.84. The van der Waals surface area contributed by atoms with Crippen molar-refractivity contribution in [2.75, 3.05) is 0 Å². The number of rotatable bonds is 6. The van der Waals surface area contributed by atoms with Gasteiger partial charge >= 0.3 is 5.97 Å². The maximum absolute atomic E-state index is 12.3. The van der Waals surface area contributed by atoms with E-state index in [9.17, 15) is 9.90 Å². The topological polar surface area (TPSA) is 37.3 Å². The molecule has 1 aliphatic rings. The predicted octanol–water partition coefficient (Wildman–Crippen LogP) is 4.78. The van der Waals surface area contributed by atoms with Crippen LogP contribution in [0.4, 0.5) is 0 Å². The summed E-state index contributed by atoms with van der Waals surface area (Å²) < 4.78 is 0. The molecule has 0 bridgehead atoms. The van der Waals surface area contributed by atoms with E-state index >= 15 is 0 Å². The van der Waals surface area contributed by atoms with Gasteiger partial charge in [-0.2, -0.15) is 0 Å². The van der Waals surface area contributed by atoms with Gasteiger partial charge in [0.25, 0.3) is 0 Å². The van der Waals surface area contributed by atoms with E-state index in [0.717, 1.165) is 41.5 Å². The lowest BCUT2D eigenvalue weighted by Gasteiger charge is -2.27. The van der Waals surface area contributed by atoms with Gasteiger partial charge in [-0.25, -0.2) is 0 Å². The lowest BCUT2D eigenvalue weighted by atomic mass is 9.74. The molecule has 0 radical (unpaired) electrons. The summed E-state index contributed by atoms with van der Waals surface area (Å²) in [5.74, 6) is -0.747. The Balaban J connectivity index is 2.12. The standard InChI is InChI=1S/C20H20O2/c1-2-3-4-9-14-20(19(21)22)17-12-7-5-10-15(17)16-11-6-8-13-18(16)20/h2,5-8,10-13H,1,3-4,9,14H2,(H,21,22). The lowest BCUT2D eigenvalue weighted by Crippen LogP contribution is -2.35. The van der Waals surface area contributed by atoms with Gasteiger partial charge in [-0.3, -0.25) is 4.79 Å². The number of aliphatic carboxylic acids is 1. The summed E-state index contributed by atoms with van der Waals surface area (Å²) in [6.45, 7) is 3.74.